The molecule has 106 valence electrons. The molecule has 0 aliphatic heterocycles. The average Bonchev–Trinajstić information content (AvgIpc) is 2.80. The van der Waals surface area contributed by atoms with Crippen LogP contribution in [0.1, 0.15) is 21.5 Å². The maximum absolute atomic E-state index is 13.4. The molecule has 4 heteroatoms. The number of carbonyl (C=O) groups is 1. The lowest BCUT2D eigenvalue weighted by atomic mass is 10.1. The lowest BCUT2D eigenvalue weighted by Gasteiger charge is -2.09. The first-order valence-corrected chi connectivity index (χ1v) is 6.95. The van der Waals surface area contributed by atoms with E-state index in [1.54, 1.807) is 18.3 Å². The SMILES string of the molecule is Cc1ccc(F)cc1Cn1cc(C=O)c2ccc(Cl)cc21. The van der Waals surface area contributed by atoms with Gasteiger partial charge in [-0.25, -0.2) is 4.39 Å². The van der Waals surface area contributed by atoms with Crippen molar-refractivity contribution >= 4 is 28.8 Å². The fourth-order valence-corrected chi connectivity index (χ4v) is 2.68. The van der Waals surface area contributed by atoms with Crippen LogP contribution in [0.4, 0.5) is 4.39 Å². The van der Waals surface area contributed by atoms with E-state index in [1.165, 1.54) is 12.1 Å². The molecule has 0 amide bonds. The number of hydrogen-bond donors (Lipinski definition) is 0. The molecule has 0 saturated carbocycles. The molecule has 0 radical (unpaired) electrons. The Morgan fingerprint density at radius 1 is 1.24 bits per heavy atom. The number of rotatable bonds is 3. The summed E-state index contributed by atoms with van der Waals surface area (Å²) in [7, 11) is 0. The predicted molar refractivity (Wildman–Crippen MR) is 82.6 cm³/mol. The summed E-state index contributed by atoms with van der Waals surface area (Å²) in [6.45, 7) is 2.43. The van der Waals surface area contributed by atoms with Crippen molar-refractivity contribution in [1.82, 2.24) is 4.57 Å². The number of nitrogens with zero attached hydrogens (tertiary/aromatic N) is 1. The molecule has 0 spiro atoms. The smallest absolute Gasteiger partial charge is 0.152 e. The quantitative estimate of drug-likeness (QED) is 0.648. The van der Waals surface area contributed by atoms with Crippen molar-refractivity contribution in [2.24, 2.45) is 0 Å². The van der Waals surface area contributed by atoms with Crippen molar-refractivity contribution in [2.75, 3.05) is 0 Å². The molecule has 0 unspecified atom stereocenters. The Labute approximate surface area is 126 Å². The molecule has 1 heterocycles. The fraction of sp³-hybridized carbons (Fsp3) is 0.118. The van der Waals surface area contributed by atoms with Crippen LogP contribution in [0.15, 0.2) is 42.6 Å². The summed E-state index contributed by atoms with van der Waals surface area (Å²) >= 11 is 6.04. The Balaban J connectivity index is 2.14. The third-order valence-electron chi connectivity index (χ3n) is 3.65. The number of aryl methyl sites for hydroxylation is 1. The topological polar surface area (TPSA) is 22.0 Å². The van der Waals surface area contributed by atoms with Gasteiger partial charge in [0.1, 0.15) is 5.82 Å². The van der Waals surface area contributed by atoms with Gasteiger partial charge in [0.15, 0.2) is 6.29 Å². The number of hydrogen-bond acceptors (Lipinski definition) is 1. The van der Waals surface area contributed by atoms with Gasteiger partial charge in [-0.3, -0.25) is 4.79 Å². The first-order chi connectivity index (χ1) is 10.1. The summed E-state index contributed by atoms with van der Waals surface area (Å²) in [5.74, 6) is -0.263. The Hall–Kier alpha value is -2.13. The van der Waals surface area contributed by atoms with Crippen molar-refractivity contribution in [3.05, 3.63) is 70.1 Å². The number of halogens is 2. The molecule has 0 atom stereocenters. The molecule has 3 rings (SSSR count). The molecule has 1 aromatic heterocycles. The molecular weight excluding hydrogens is 289 g/mol. The van der Waals surface area contributed by atoms with Gasteiger partial charge in [0, 0.05) is 28.7 Å². The van der Waals surface area contributed by atoms with Gasteiger partial charge in [0.2, 0.25) is 0 Å². The van der Waals surface area contributed by atoms with E-state index in [-0.39, 0.29) is 5.82 Å². The molecule has 0 N–H and O–H groups in total. The molecule has 0 saturated heterocycles. The molecule has 2 nitrogen and oxygen atoms in total. The number of benzene rings is 2. The highest BCUT2D eigenvalue weighted by molar-refractivity contribution is 6.31. The third kappa shape index (κ3) is 2.57. The summed E-state index contributed by atoms with van der Waals surface area (Å²) < 4.78 is 15.3. The second-order valence-corrected chi connectivity index (χ2v) is 5.50. The predicted octanol–water partition coefficient (Wildman–Crippen LogP) is 4.60. The van der Waals surface area contributed by atoms with E-state index in [0.717, 1.165) is 28.3 Å². The van der Waals surface area contributed by atoms with Crippen LogP contribution in [0.25, 0.3) is 10.9 Å². The lowest BCUT2D eigenvalue weighted by molar-refractivity contribution is 0.112. The summed E-state index contributed by atoms with van der Waals surface area (Å²) in [6, 6.07) is 10.1. The maximum atomic E-state index is 13.4. The van der Waals surface area contributed by atoms with Crippen LogP contribution in [-0.2, 0) is 6.54 Å². The van der Waals surface area contributed by atoms with Crippen LogP contribution >= 0.6 is 11.6 Å². The van der Waals surface area contributed by atoms with Crippen molar-refractivity contribution in [1.29, 1.82) is 0 Å². The normalized spacial score (nSPS) is 11.0. The summed E-state index contributed by atoms with van der Waals surface area (Å²) in [4.78, 5) is 11.2. The highest BCUT2D eigenvalue weighted by Gasteiger charge is 2.10. The number of fused-ring (bicyclic) bond motifs is 1. The first-order valence-electron chi connectivity index (χ1n) is 6.57. The average molecular weight is 302 g/mol. The van der Waals surface area contributed by atoms with Gasteiger partial charge in [-0.2, -0.15) is 0 Å². The van der Waals surface area contributed by atoms with Crippen molar-refractivity contribution in [2.45, 2.75) is 13.5 Å². The minimum absolute atomic E-state index is 0.263. The molecular formula is C17H13ClFNO. The second-order valence-electron chi connectivity index (χ2n) is 5.06. The van der Waals surface area contributed by atoms with Crippen LogP contribution < -0.4 is 0 Å². The third-order valence-corrected chi connectivity index (χ3v) is 3.89. The second kappa shape index (κ2) is 5.34. The summed E-state index contributed by atoms with van der Waals surface area (Å²) in [5, 5.41) is 1.46. The van der Waals surface area contributed by atoms with E-state index >= 15 is 0 Å². The van der Waals surface area contributed by atoms with Gasteiger partial charge in [-0.15, -0.1) is 0 Å². The van der Waals surface area contributed by atoms with E-state index in [4.69, 9.17) is 11.6 Å². The zero-order valence-corrected chi connectivity index (χ0v) is 12.2. The van der Waals surface area contributed by atoms with Gasteiger partial charge in [0.25, 0.3) is 0 Å². The maximum Gasteiger partial charge on any atom is 0.152 e. The van der Waals surface area contributed by atoms with E-state index in [0.29, 0.717) is 17.1 Å². The number of aromatic nitrogens is 1. The van der Waals surface area contributed by atoms with E-state index in [1.807, 2.05) is 23.6 Å². The Bertz CT molecular complexity index is 838. The zero-order valence-electron chi connectivity index (χ0n) is 11.4. The van der Waals surface area contributed by atoms with Crippen LogP contribution in [0.3, 0.4) is 0 Å². The number of aldehydes is 1. The largest absolute Gasteiger partial charge is 0.342 e. The van der Waals surface area contributed by atoms with E-state index < -0.39 is 0 Å². The summed E-state index contributed by atoms with van der Waals surface area (Å²) in [6.07, 6.45) is 2.60. The van der Waals surface area contributed by atoms with Gasteiger partial charge in [-0.05, 0) is 42.3 Å². The van der Waals surface area contributed by atoms with Gasteiger partial charge in [-0.1, -0.05) is 23.7 Å². The molecule has 0 aliphatic carbocycles. The minimum Gasteiger partial charge on any atom is -0.342 e. The Kier molecular flexibility index (Phi) is 3.52. The molecule has 0 fully saturated rings. The van der Waals surface area contributed by atoms with Crippen LogP contribution in [0, 0.1) is 12.7 Å². The van der Waals surface area contributed by atoms with Crippen LogP contribution in [0.5, 0.6) is 0 Å². The molecule has 21 heavy (non-hydrogen) atoms. The van der Waals surface area contributed by atoms with E-state index in [2.05, 4.69) is 0 Å². The molecule has 0 aliphatic rings. The lowest BCUT2D eigenvalue weighted by Crippen LogP contribution is -2.00. The Morgan fingerprint density at radius 3 is 2.81 bits per heavy atom. The first kappa shape index (κ1) is 13.8. The fourth-order valence-electron chi connectivity index (χ4n) is 2.51. The molecule has 0 bridgehead atoms. The highest BCUT2D eigenvalue weighted by Crippen LogP contribution is 2.25. The van der Waals surface area contributed by atoms with Gasteiger partial charge in [0.05, 0.1) is 5.52 Å². The molecule has 2 aromatic carbocycles. The highest BCUT2D eigenvalue weighted by atomic mass is 35.5. The zero-order chi connectivity index (χ0) is 15.0. The van der Waals surface area contributed by atoms with Crippen LogP contribution in [-0.4, -0.2) is 10.9 Å². The monoisotopic (exact) mass is 301 g/mol. The van der Waals surface area contributed by atoms with Gasteiger partial charge >= 0.3 is 0 Å². The van der Waals surface area contributed by atoms with Crippen molar-refractivity contribution in [3.63, 3.8) is 0 Å². The van der Waals surface area contributed by atoms with Crippen molar-refractivity contribution < 1.29 is 9.18 Å². The van der Waals surface area contributed by atoms with E-state index in [9.17, 15) is 9.18 Å². The van der Waals surface area contributed by atoms with Crippen molar-refractivity contribution in [3.8, 4) is 0 Å². The van der Waals surface area contributed by atoms with Gasteiger partial charge < -0.3 is 4.57 Å². The Morgan fingerprint density at radius 2 is 2.05 bits per heavy atom. The minimum atomic E-state index is -0.263. The summed E-state index contributed by atoms with van der Waals surface area (Å²) in [5.41, 5.74) is 3.36. The number of carbonyl (C=O) groups excluding carboxylic acids is 1. The van der Waals surface area contributed by atoms with Crippen LogP contribution in [0.2, 0.25) is 5.02 Å². The molecule has 3 aromatic rings. The standard InChI is InChI=1S/C17H13ClFNO/c1-11-2-4-15(19)6-12(11)8-20-9-13(10-21)16-5-3-14(18)7-17(16)20/h2-7,9-10H,8H2,1H3.